The first-order valence-electron chi connectivity index (χ1n) is 24.2. The number of halogens is 4. The average Bonchev–Trinajstić information content (AvgIpc) is 3.43. The molecule has 8 aromatic rings. The van der Waals surface area contributed by atoms with Crippen molar-refractivity contribution < 1.29 is 132 Å². The molecular formula is C59H69B2Br2F2N3O13V4. The summed E-state index contributed by atoms with van der Waals surface area (Å²) in [4.78, 5) is 37.5. The predicted molar refractivity (Wildman–Crippen MR) is 324 cm³/mol. The Morgan fingerprint density at radius 2 is 0.812 bits per heavy atom. The minimum atomic E-state index is -1.51. The minimum Gasteiger partial charge on any atom is -0.491 e. The molecule has 0 bridgehead atoms. The topological polar surface area (TPSA) is 213 Å². The third-order valence-electron chi connectivity index (χ3n) is 10.9. The summed E-state index contributed by atoms with van der Waals surface area (Å²) in [6.07, 6.45) is 5.20. The van der Waals surface area contributed by atoms with E-state index < -0.39 is 14.2 Å². The molecule has 3 aromatic heterocycles. The van der Waals surface area contributed by atoms with Crippen molar-refractivity contribution in [1.29, 1.82) is 0 Å². The number of pyridine rings is 3. The largest absolute Gasteiger partial charge is 0.491 e. The van der Waals surface area contributed by atoms with Crippen molar-refractivity contribution in [3.63, 3.8) is 0 Å². The van der Waals surface area contributed by atoms with Crippen LogP contribution < -0.4 is 41.8 Å². The molecule has 85 heavy (non-hydrogen) atoms. The van der Waals surface area contributed by atoms with Gasteiger partial charge in [0, 0.05) is 158 Å². The minimum absolute atomic E-state index is 0. The number of benzene rings is 5. The van der Waals surface area contributed by atoms with E-state index in [1.165, 1.54) is 36.4 Å². The van der Waals surface area contributed by atoms with E-state index in [1.807, 2.05) is 69.3 Å². The number of ether oxygens (including phenoxy) is 6. The average molecular weight is 1450 g/mol. The van der Waals surface area contributed by atoms with Crippen molar-refractivity contribution >= 4 is 57.0 Å². The van der Waals surface area contributed by atoms with Gasteiger partial charge in [0.05, 0.1) is 19.8 Å². The molecule has 16 nitrogen and oxygen atoms in total. The Morgan fingerprint density at radius 1 is 0.471 bits per heavy atom. The van der Waals surface area contributed by atoms with Crippen molar-refractivity contribution in [2.24, 2.45) is 0 Å². The van der Waals surface area contributed by atoms with E-state index >= 15 is 0 Å². The first-order valence-corrected chi connectivity index (χ1v) is 25.8. The molecule has 452 valence electrons. The molecule has 3 heterocycles. The third-order valence-corrected chi connectivity index (χ3v) is 12.6. The molecule has 26 heteroatoms. The number of aromatic amines is 1. The molecule has 0 amide bonds. The van der Waals surface area contributed by atoms with Gasteiger partial charge >= 0.3 is 14.2 Å². The summed E-state index contributed by atoms with van der Waals surface area (Å²) in [7, 11) is 1.92. The molecule has 0 atom stereocenters. The summed E-state index contributed by atoms with van der Waals surface area (Å²) in [6.45, 7) is 8.69. The van der Waals surface area contributed by atoms with Gasteiger partial charge in [0.15, 0.2) is 0 Å². The zero-order chi connectivity index (χ0) is 57.9. The maximum Gasteiger partial charge on any atom is 0.488 e. The summed E-state index contributed by atoms with van der Waals surface area (Å²) in [5.41, 5.74) is 6.50. The fourth-order valence-corrected chi connectivity index (χ4v) is 7.17. The number of hydrogen-bond acceptors (Lipinski definition) is 13. The van der Waals surface area contributed by atoms with Crippen molar-refractivity contribution in [2.45, 2.75) is 35.6 Å². The van der Waals surface area contributed by atoms with Gasteiger partial charge in [-0.3, -0.25) is 23.5 Å². The molecule has 0 fully saturated rings. The normalized spacial score (nSPS) is 9.53. The Bertz CT molecular complexity index is 3280. The van der Waals surface area contributed by atoms with E-state index in [0.717, 1.165) is 53.9 Å². The number of methoxy groups -OCH3 is 3. The number of hydrogen-bond donors (Lipinski definition) is 5. The van der Waals surface area contributed by atoms with Gasteiger partial charge in [-0.2, -0.15) is 0 Å². The van der Waals surface area contributed by atoms with E-state index in [-0.39, 0.29) is 117 Å². The monoisotopic (exact) mass is 1450 g/mol. The van der Waals surface area contributed by atoms with Gasteiger partial charge in [-0.1, -0.05) is 51.3 Å². The molecule has 0 aliphatic rings. The van der Waals surface area contributed by atoms with Crippen LogP contribution in [-0.4, -0.2) is 109 Å². The van der Waals surface area contributed by atoms with Crippen LogP contribution in [0.25, 0.3) is 22.5 Å². The molecule has 5 aromatic carbocycles. The van der Waals surface area contributed by atoms with Crippen molar-refractivity contribution in [3.8, 4) is 39.8 Å². The Hall–Kier alpha value is -4.64. The third kappa shape index (κ3) is 30.2. The first kappa shape index (κ1) is 84.6. The second-order valence-corrected chi connectivity index (χ2v) is 18.5. The van der Waals surface area contributed by atoms with Gasteiger partial charge in [-0.05, 0) is 171 Å². The van der Waals surface area contributed by atoms with Crippen LogP contribution in [0, 0.1) is 32.4 Å². The Balaban J connectivity index is -0.00000102. The summed E-state index contributed by atoms with van der Waals surface area (Å²) >= 11 is 6.69. The number of aryl methyl sites for hydroxylation is 3. The van der Waals surface area contributed by atoms with Crippen LogP contribution >= 0.6 is 31.9 Å². The van der Waals surface area contributed by atoms with Crippen LogP contribution in [0.5, 0.6) is 17.2 Å². The maximum absolute atomic E-state index is 13.2. The molecule has 8 rings (SSSR count). The van der Waals surface area contributed by atoms with Crippen molar-refractivity contribution in [1.82, 2.24) is 14.1 Å². The zero-order valence-corrected chi connectivity index (χ0v) is 54.8. The van der Waals surface area contributed by atoms with E-state index in [4.69, 9.17) is 48.5 Å². The van der Waals surface area contributed by atoms with Gasteiger partial charge in [0.2, 0.25) is 5.56 Å². The molecule has 5 N–H and O–H groups in total. The SMILES string of the molecule is C.C.COCCOc1ccc(-n2cc(-c3ccc(F)cc3)c(C)cc2=O)cc1.COCCOc1ccc(-n2cc(Br)c(C)cc2=O)cc1.COCCOc1ccc(B(O)O)cc1.Cc1cc(=O)[nH]cc1Br.OB(O)c1ccc(F)cc1.[V].[V].[V].[V]. The summed E-state index contributed by atoms with van der Waals surface area (Å²) in [6, 6.07) is 37.2. The van der Waals surface area contributed by atoms with Gasteiger partial charge in [0.25, 0.3) is 11.1 Å². The maximum atomic E-state index is 13.2. The summed E-state index contributed by atoms with van der Waals surface area (Å²) in [5, 5.41) is 34.7. The molecule has 0 spiro atoms. The van der Waals surface area contributed by atoms with Crippen LogP contribution in [0.3, 0.4) is 0 Å². The first-order chi connectivity index (χ1) is 37.8. The Morgan fingerprint density at radius 3 is 1.18 bits per heavy atom. The van der Waals surface area contributed by atoms with Gasteiger partial charge in [0.1, 0.15) is 48.7 Å². The molecular weight excluding hydrogens is 1380 g/mol. The summed E-state index contributed by atoms with van der Waals surface area (Å²) < 4.78 is 61.4. The van der Waals surface area contributed by atoms with Crippen LogP contribution in [0.2, 0.25) is 0 Å². The van der Waals surface area contributed by atoms with Crippen LogP contribution in [0.15, 0.2) is 181 Å². The predicted octanol–water partition coefficient (Wildman–Crippen LogP) is 8.52. The standard InChI is InChI=1S/C21H20FNO3.C15H16BrNO3.C9H13BO4.C6H6BFO2.C6H6BrNO.2CH4.4V/c1-15-13-21(24)23(14-20(15)16-3-5-17(22)6-4-16)18-7-9-19(10-8-18)26-12-11-25-2;1-11-9-15(18)17(10-14(11)16)12-3-5-13(6-4-12)20-8-7-19-2;1-13-6-7-14-9-4-2-8(3-5-9)10(11)12;8-6-3-1-5(2-4-6)7(9)10;1-4-2-6(9)8-3-5(4)7;;;;;;/h3-10,13-14H,11-12H2,1-2H3;3-6,9-10H,7-8H2,1-2H3;2-5,11-12H,6-7H2,1H3;1-4,9-10H;2-3H,1H3,(H,8,9);2*1H4;;;;. The number of H-pyrrole nitrogens is 1. The van der Waals surface area contributed by atoms with Crippen molar-refractivity contribution in [3.05, 3.63) is 226 Å². The number of rotatable bonds is 17. The number of nitrogens with one attached hydrogen (secondary N) is 1. The molecule has 0 aliphatic heterocycles. The van der Waals surface area contributed by atoms with Crippen LogP contribution in [0.1, 0.15) is 31.5 Å². The van der Waals surface area contributed by atoms with E-state index in [2.05, 4.69) is 36.8 Å². The fourth-order valence-electron chi connectivity index (χ4n) is 6.63. The Labute approximate surface area is 560 Å². The molecule has 0 saturated carbocycles. The van der Waals surface area contributed by atoms with E-state index in [9.17, 15) is 23.2 Å². The molecule has 0 saturated heterocycles. The van der Waals surface area contributed by atoms with Gasteiger partial charge in [-0.25, -0.2) is 8.78 Å². The summed E-state index contributed by atoms with van der Waals surface area (Å²) in [5.74, 6) is 1.48. The van der Waals surface area contributed by atoms with Crippen LogP contribution in [0.4, 0.5) is 8.78 Å². The fraction of sp³-hybridized carbons (Fsp3) is 0.237. The molecule has 4 radical (unpaired) electrons. The molecule has 0 aliphatic carbocycles. The number of nitrogens with zero attached hydrogens (tertiary/aromatic N) is 2. The smallest absolute Gasteiger partial charge is 0.488 e. The Kier molecular flexibility index (Phi) is 45.4. The van der Waals surface area contributed by atoms with Crippen molar-refractivity contribution in [2.75, 3.05) is 61.0 Å². The molecule has 0 unspecified atom stereocenters. The second kappa shape index (κ2) is 45.6. The van der Waals surface area contributed by atoms with Gasteiger partial charge < -0.3 is 53.5 Å². The second-order valence-electron chi connectivity index (χ2n) is 16.8. The zero-order valence-electron chi connectivity index (χ0n) is 46.1. The van der Waals surface area contributed by atoms with Gasteiger partial charge in [-0.15, -0.1) is 0 Å². The van der Waals surface area contributed by atoms with E-state index in [1.54, 1.807) is 104 Å². The van der Waals surface area contributed by atoms with Crippen LogP contribution in [-0.2, 0) is 88.4 Å². The quantitative estimate of drug-likeness (QED) is 0.0428. The van der Waals surface area contributed by atoms with E-state index in [0.29, 0.717) is 62.1 Å². The number of aromatic nitrogens is 3.